The van der Waals surface area contributed by atoms with Crippen LogP contribution in [0.4, 0.5) is 11.5 Å². The van der Waals surface area contributed by atoms with Crippen LogP contribution in [0.25, 0.3) is 0 Å². The zero-order valence-corrected chi connectivity index (χ0v) is 13.6. The molecule has 1 aromatic rings. The van der Waals surface area contributed by atoms with Crippen molar-refractivity contribution in [3.8, 4) is 0 Å². The lowest BCUT2D eigenvalue weighted by molar-refractivity contribution is -0.140. The van der Waals surface area contributed by atoms with Crippen LogP contribution in [-0.2, 0) is 19.2 Å². The maximum absolute atomic E-state index is 11.3. The Morgan fingerprint density at radius 2 is 2.04 bits per heavy atom. The van der Waals surface area contributed by atoms with Crippen LogP contribution < -0.4 is 10.2 Å². The van der Waals surface area contributed by atoms with E-state index in [4.69, 9.17) is 28.3 Å². The molecule has 0 radical (unpaired) electrons. The lowest BCUT2D eigenvalue weighted by Crippen LogP contribution is -2.41. The Morgan fingerprint density at radius 1 is 1.38 bits per heavy atom. The number of pyridine rings is 1. The minimum absolute atomic E-state index is 0.101. The van der Waals surface area contributed by atoms with E-state index in [2.05, 4.69) is 10.3 Å². The molecule has 1 rings (SSSR count). The van der Waals surface area contributed by atoms with E-state index in [-0.39, 0.29) is 35.2 Å². The Labute approximate surface area is 146 Å². The summed E-state index contributed by atoms with van der Waals surface area (Å²) in [5.74, 6) is -3.56. The van der Waals surface area contributed by atoms with Crippen LogP contribution in [0.3, 0.4) is 0 Å². The van der Waals surface area contributed by atoms with E-state index in [0.29, 0.717) is 0 Å². The molecule has 0 aliphatic heterocycles. The van der Waals surface area contributed by atoms with Gasteiger partial charge in [0.05, 0.1) is 16.9 Å². The molecule has 0 saturated heterocycles. The van der Waals surface area contributed by atoms with Gasteiger partial charge in [0.1, 0.15) is 11.9 Å². The lowest BCUT2D eigenvalue weighted by Gasteiger charge is -2.24. The SMILES string of the molecule is O=CN(c1ncc(NC(=O)CCl)cc1Cl)[C@@H](CCC(=O)O)C(=O)O. The smallest absolute Gasteiger partial charge is 0.326 e. The normalized spacial score (nSPS) is 11.4. The summed E-state index contributed by atoms with van der Waals surface area (Å²) in [6.45, 7) is 0. The van der Waals surface area contributed by atoms with E-state index in [0.717, 1.165) is 11.1 Å². The first kappa shape index (κ1) is 19.7. The van der Waals surface area contributed by atoms with Crippen LogP contribution in [-0.4, -0.2) is 51.4 Å². The Balaban J connectivity index is 3.09. The Hall–Kier alpha value is -2.39. The Morgan fingerprint density at radius 3 is 2.50 bits per heavy atom. The third-order valence-corrected chi connectivity index (χ3v) is 3.36. The van der Waals surface area contributed by atoms with E-state index in [9.17, 15) is 24.3 Å². The average Bonchev–Trinajstić information content (AvgIpc) is 2.51. The zero-order chi connectivity index (χ0) is 18.3. The molecule has 0 saturated carbocycles. The number of hydrogen-bond acceptors (Lipinski definition) is 5. The predicted molar refractivity (Wildman–Crippen MR) is 85.4 cm³/mol. The van der Waals surface area contributed by atoms with Crippen LogP contribution in [0.5, 0.6) is 0 Å². The Bertz CT molecular complexity index is 655. The maximum atomic E-state index is 11.3. The van der Waals surface area contributed by atoms with E-state index >= 15 is 0 Å². The lowest BCUT2D eigenvalue weighted by atomic mass is 10.1. The van der Waals surface area contributed by atoms with Crippen LogP contribution in [0, 0.1) is 0 Å². The summed E-state index contributed by atoms with van der Waals surface area (Å²) in [6.07, 6.45) is 0.582. The van der Waals surface area contributed by atoms with Gasteiger partial charge in [-0.2, -0.15) is 0 Å². The molecule has 0 unspecified atom stereocenters. The predicted octanol–water partition coefficient (Wildman–Crippen LogP) is 1.19. The first-order valence-electron chi connectivity index (χ1n) is 6.49. The van der Waals surface area contributed by atoms with Gasteiger partial charge in [0, 0.05) is 6.42 Å². The highest BCUT2D eigenvalue weighted by Gasteiger charge is 2.28. The Kier molecular flexibility index (Phi) is 7.40. The number of anilines is 2. The summed E-state index contributed by atoms with van der Waals surface area (Å²) in [6, 6.07) is -0.187. The van der Waals surface area contributed by atoms with E-state index in [1.165, 1.54) is 6.07 Å². The van der Waals surface area contributed by atoms with Gasteiger partial charge in [0.2, 0.25) is 12.3 Å². The van der Waals surface area contributed by atoms with E-state index < -0.39 is 30.3 Å². The summed E-state index contributed by atoms with van der Waals surface area (Å²) < 4.78 is 0. The summed E-state index contributed by atoms with van der Waals surface area (Å²) in [4.78, 5) is 49.0. The van der Waals surface area contributed by atoms with Gasteiger partial charge in [-0.25, -0.2) is 9.78 Å². The monoisotopic (exact) mass is 377 g/mol. The number of rotatable bonds is 9. The summed E-state index contributed by atoms with van der Waals surface area (Å²) >= 11 is 11.3. The molecule has 2 amide bonds. The highest BCUT2D eigenvalue weighted by molar-refractivity contribution is 6.34. The summed E-state index contributed by atoms with van der Waals surface area (Å²) in [5.41, 5.74) is 0.206. The number of halogens is 2. The fraction of sp³-hybridized carbons (Fsp3) is 0.308. The minimum Gasteiger partial charge on any atom is -0.481 e. The quantitative estimate of drug-likeness (QED) is 0.434. The van der Waals surface area contributed by atoms with Crippen molar-refractivity contribution in [3.05, 3.63) is 17.3 Å². The summed E-state index contributed by atoms with van der Waals surface area (Å²) in [5, 5.41) is 20.2. The second-order valence-electron chi connectivity index (χ2n) is 4.51. The van der Waals surface area contributed by atoms with Crippen LogP contribution in [0.1, 0.15) is 12.8 Å². The molecule has 0 aliphatic carbocycles. The van der Waals surface area contributed by atoms with Crippen molar-refractivity contribution < 1.29 is 29.4 Å². The van der Waals surface area contributed by atoms with Gasteiger partial charge < -0.3 is 15.5 Å². The van der Waals surface area contributed by atoms with Gasteiger partial charge in [-0.15, -0.1) is 11.6 Å². The number of nitrogens with one attached hydrogen (secondary N) is 1. The van der Waals surface area contributed by atoms with Crippen molar-refractivity contribution in [2.24, 2.45) is 0 Å². The molecule has 0 spiro atoms. The van der Waals surface area contributed by atoms with Gasteiger partial charge in [0.25, 0.3) is 0 Å². The largest absolute Gasteiger partial charge is 0.481 e. The molecule has 1 aromatic heterocycles. The topological polar surface area (TPSA) is 137 Å². The average molecular weight is 378 g/mol. The number of alkyl halides is 1. The molecular formula is C13H13Cl2N3O6. The highest BCUT2D eigenvalue weighted by atomic mass is 35.5. The van der Waals surface area contributed by atoms with Crippen molar-refractivity contribution in [1.29, 1.82) is 0 Å². The van der Waals surface area contributed by atoms with Gasteiger partial charge >= 0.3 is 11.9 Å². The fourth-order valence-electron chi connectivity index (χ4n) is 1.80. The number of carbonyl (C=O) groups is 4. The molecule has 1 atom stereocenters. The highest BCUT2D eigenvalue weighted by Crippen LogP contribution is 2.27. The number of aromatic nitrogens is 1. The van der Waals surface area contributed by atoms with Crippen LogP contribution >= 0.6 is 23.2 Å². The van der Waals surface area contributed by atoms with Gasteiger partial charge in [0.15, 0.2) is 5.82 Å². The first-order chi connectivity index (χ1) is 11.3. The summed E-state index contributed by atoms with van der Waals surface area (Å²) in [7, 11) is 0. The number of aliphatic carboxylic acids is 2. The van der Waals surface area contributed by atoms with Crippen molar-refractivity contribution in [1.82, 2.24) is 4.98 Å². The number of carboxylic acids is 2. The van der Waals surface area contributed by atoms with Gasteiger partial charge in [-0.1, -0.05) is 11.6 Å². The number of amides is 2. The maximum Gasteiger partial charge on any atom is 0.326 e. The van der Waals surface area contributed by atoms with E-state index in [1.54, 1.807) is 0 Å². The second kappa shape index (κ2) is 9.04. The number of carbonyl (C=O) groups excluding carboxylic acids is 2. The molecule has 3 N–H and O–H groups in total. The van der Waals surface area contributed by atoms with Crippen molar-refractivity contribution in [2.75, 3.05) is 16.1 Å². The zero-order valence-electron chi connectivity index (χ0n) is 12.1. The number of nitrogens with zero attached hydrogens (tertiary/aromatic N) is 2. The fourth-order valence-corrected chi connectivity index (χ4v) is 2.13. The van der Waals surface area contributed by atoms with Gasteiger partial charge in [-0.3, -0.25) is 19.3 Å². The van der Waals surface area contributed by atoms with Crippen molar-refractivity contribution in [3.63, 3.8) is 0 Å². The van der Waals surface area contributed by atoms with E-state index in [1.807, 2.05) is 0 Å². The molecule has 0 fully saturated rings. The first-order valence-corrected chi connectivity index (χ1v) is 7.41. The number of hydrogen-bond donors (Lipinski definition) is 3. The van der Waals surface area contributed by atoms with Crippen molar-refractivity contribution >= 4 is 59.0 Å². The molecule has 0 aromatic carbocycles. The number of carboxylic acid groups (broad SMARTS) is 2. The third-order valence-electron chi connectivity index (χ3n) is 2.84. The third kappa shape index (κ3) is 5.36. The van der Waals surface area contributed by atoms with Gasteiger partial charge in [-0.05, 0) is 12.5 Å². The molecule has 1 heterocycles. The molecule has 0 bridgehead atoms. The molecule has 11 heteroatoms. The molecule has 0 aliphatic rings. The van der Waals surface area contributed by atoms with Crippen LogP contribution in [0.15, 0.2) is 12.3 Å². The van der Waals surface area contributed by atoms with Crippen molar-refractivity contribution in [2.45, 2.75) is 18.9 Å². The molecule has 130 valence electrons. The second-order valence-corrected chi connectivity index (χ2v) is 5.18. The molecular weight excluding hydrogens is 365 g/mol. The van der Waals surface area contributed by atoms with Crippen LogP contribution in [0.2, 0.25) is 5.02 Å². The molecule has 24 heavy (non-hydrogen) atoms. The minimum atomic E-state index is -1.45. The molecule has 9 nitrogen and oxygen atoms in total. The standard InChI is InChI=1S/C13H13Cl2N3O6/c14-4-10(20)17-7-3-8(15)12(16-5-7)18(6-19)9(13(23)24)1-2-11(21)22/h3,5-6,9H,1-2,4H2,(H,17,20)(H,21,22)(H,23,24)/t9-/m0/s1.